The molecule has 0 saturated heterocycles. The molecule has 0 unspecified atom stereocenters. The Kier molecular flexibility index (Phi) is 8.68. The number of imidazole rings is 1. The summed E-state index contributed by atoms with van der Waals surface area (Å²) >= 11 is 1.88. The Morgan fingerprint density at radius 2 is 0.966 bits per heavy atom. The van der Waals surface area contributed by atoms with Crippen molar-refractivity contribution in [2.24, 2.45) is 0 Å². The maximum atomic E-state index is 5.16. The molecule has 8 aromatic carbocycles. The highest BCUT2D eigenvalue weighted by molar-refractivity contribution is 7.26. The summed E-state index contributed by atoms with van der Waals surface area (Å²) in [5.74, 6) is 0. The van der Waals surface area contributed by atoms with E-state index in [2.05, 4.69) is 228 Å². The lowest BCUT2D eigenvalue weighted by atomic mass is 9.98. The Bertz CT molecular complexity index is 3240. The summed E-state index contributed by atoms with van der Waals surface area (Å²) in [5, 5.41) is 2.63. The van der Waals surface area contributed by atoms with Crippen LogP contribution in [0, 0.1) is 0 Å². The monoisotopic (exact) mass is 771 g/mol. The van der Waals surface area contributed by atoms with Gasteiger partial charge in [0.25, 0.3) is 0 Å². The second-order valence-electron chi connectivity index (χ2n) is 14.8. The Balaban J connectivity index is 0.909. The Morgan fingerprint density at radius 3 is 1.71 bits per heavy atom. The molecule has 3 aromatic heterocycles. The van der Waals surface area contributed by atoms with Gasteiger partial charge in [-0.1, -0.05) is 164 Å². The number of para-hydroxylation sites is 1. The third-order valence-electron chi connectivity index (χ3n) is 11.2. The van der Waals surface area contributed by atoms with Crippen molar-refractivity contribution in [1.82, 2.24) is 9.38 Å². The van der Waals surface area contributed by atoms with E-state index < -0.39 is 0 Å². The van der Waals surface area contributed by atoms with Crippen molar-refractivity contribution < 1.29 is 0 Å². The van der Waals surface area contributed by atoms with Crippen LogP contribution in [0.25, 0.3) is 81.7 Å². The van der Waals surface area contributed by atoms with Gasteiger partial charge in [0.2, 0.25) is 0 Å². The Morgan fingerprint density at radius 1 is 0.390 bits per heavy atom. The highest BCUT2D eigenvalue weighted by Crippen LogP contribution is 2.42. The fourth-order valence-electron chi connectivity index (χ4n) is 8.37. The molecule has 59 heavy (non-hydrogen) atoms. The van der Waals surface area contributed by atoms with E-state index in [1.807, 2.05) is 17.4 Å². The van der Waals surface area contributed by atoms with Crippen LogP contribution in [0.1, 0.15) is 0 Å². The lowest BCUT2D eigenvalue weighted by Crippen LogP contribution is -2.09. The van der Waals surface area contributed by atoms with Crippen LogP contribution in [0.15, 0.2) is 225 Å². The van der Waals surface area contributed by atoms with Crippen LogP contribution in [-0.2, 0) is 0 Å². The van der Waals surface area contributed by atoms with Gasteiger partial charge in [-0.2, -0.15) is 0 Å². The van der Waals surface area contributed by atoms with Crippen molar-refractivity contribution in [1.29, 1.82) is 0 Å². The van der Waals surface area contributed by atoms with E-state index in [1.54, 1.807) is 0 Å². The number of rotatable bonds is 8. The van der Waals surface area contributed by atoms with Gasteiger partial charge >= 0.3 is 0 Å². The summed E-state index contributed by atoms with van der Waals surface area (Å²) < 4.78 is 4.83. The molecule has 3 heterocycles. The Labute approximate surface area is 347 Å². The third kappa shape index (κ3) is 6.37. The largest absolute Gasteiger partial charge is 0.310 e. The summed E-state index contributed by atoms with van der Waals surface area (Å²) in [4.78, 5) is 7.48. The number of aromatic nitrogens is 2. The first-order valence-electron chi connectivity index (χ1n) is 19.9. The molecule has 11 aromatic rings. The van der Waals surface area contributed by atoms with E-state index in [4.69, 9.17) is 4.98 Å². The zero-order valence-corrected chi connectivity index (χ0v) is 32.9. The summed E-state index contributed by atoms with van der Waals surface area (Å²) in [6, 6.07) is 78.2. The normalized spacial score (nSPS) is 11.4. The van der Waals surface area contributed by atoms with Gasteiger partial charge in [0.1, 0.15) is 5.65 Å². The summed E-state index contributed by atoms with van der Waals surface area (Å²) in [5.41, 5.74) is 15.7. The van der Waals surface area contributed by atoms with Gasteiger partial charge in [0.15, 0.2) is 0 Å². The summed E-state index contributed by atoms with van der Waals surface area (Å²) in [6.45, 7) is 0. The van der Waals surface area contributed by atoms with Crippen LogP contribution in [0.4, 0.5) is 17.1 Å². The predicted octanol–water partition coefficient (Wildman–Crippen LogP) is 15.5. The zero-order chi connectivity index (χ0) is 39.1. The van der Waals surface area contributed by atoms with E-state index in [-0.39, 0.29) is 0 Å². The number of hydrogen-bond acceptors (Lipinski definition) is 3. The number of thiophene rings is 1. The van der Waals surface area contributed by atoms with E-state index >= 15 is 0 Å². The van der Waals surface area contributed by atoms with Crippen LogP contribution in [0.5, 0.6) is 0 Å². The van der Waals surface area contributed by atoms with Crippen LogP contribution >= 0.6 is 11.3 Å². The molecule has 4 heteroatoms. The van der Waals surface area contributed by atoms with Gasteiger partial charge in [-0.15, -0.1) is 11.3 Å². The molecular weight excluding hydrogens is 735 g/mol. The molecule has 0 amide bonds. The van der Waals surface area contributed by atoms with E-state index in [9.17, 15) is 0 Å². The number of pyridine rings is 1. The van der Waals surface area contributed by atoms with Gasteiger partial charge in [-0.05, 0) is 88.0 Å². The van der Waals surface area contributed by atoms with Crippen molar-refractivity contribution in [3.8, 4) is 55.9 Å². The van der Waals surface area contributed by atoms with Crippen molar-refractivity contribution in [3.05, 3.63) is 225 Å². The molecule has 0 bridgehead atoms. The minimum atomic E-state index is 0.921. The lowest BCUT2D eigenvalue weighted by Gasteiger charge is -2.26. The minimum absolute atomic E-state index is 0.921. The van der Waals surface area contributed by atoms with Crippen LogP contribution < -0.4 is 4.90 Å². The molecule has 0 spiro atoms. The van der Waals surface area contributed by atoms with Gasteiger partial charge in [-0.3, -0.25) is 4.40 Å². The number of nitrogens with zero attached hydrogens (tertiary/aromatic N) is 3. The summed E-state index contributed by atoms with van der Waals surface area (Å²) in [7, 11) is 0. The van der Waals surface area contributed by atoms with Crippen LogP contribution in [0.3, 0.4) is 0 Å². The van der Waals surface area contributed by atoms with Crippen LogP contribution in [-0.4, -0.2) is 9.38 Å². The molecule has 278 valence electrons. The van der Waals surface area contributed by atoms with Crippen LogP contribution in [0.2, 0.25) is 0 Å². The molecule has 0 aliphatic rings. The van der Waals surface area contributed by atoms with E-state index in [1.165, 1.54) is 53.6 Å². The summed E-state index contributed by atoms with van der Waals surface area (Å²) in [6.07, 6.45) is 2.09. The molecule has 0 saturated carbocycles. The molecule has 3 nitrogen and oxygen atoms in total. The maximum Gasteiger partial charge on any atom is 0.137 e. The predicted molar refractivity (Wildman–Crippen MR) is 250 cm³/mol. The molecular formula is C55H37N3S. The number of anilines is 3. The van der Waals surface area contributed by atoms with E-state index in [0.717, 1.165) is 45.2 Å². The highest BCUT2D eigenvalue weighted by atomic mass is 32.1. The highest BCUT2D eigenvalue weighted by Gasteiger charge is 2.19. The first-order chi connectivity index (χ1) is 29.2. The van der Waals surface area contributed by atoms with Gasteiger partial charge in [-0.25, -0.2) is 4.98 Å². The average molecular weight is 772 g/mol. The second-order valence-corrected chi connectivity index (χ2v) is 15.9. The topological polar surface area (TPSA) is 20.5 Å². The van der Waals surface area contributed by atoms with Crippen molar-refractivity contribution in [3.63, 3.8) is 0 Å². The Hall–Kier alpha value is -7.53. The maximum absolute atomic E-state index is 5.16. The lowest BCUT2D eigenvalue weighted by molar-refractivity contribution is 1.19. The number of benzene rings is 8. The van der Waals surface area contributed by atoms with Gasteiger partial charge in [0, 0.05) is 54.6 Å². The molecule has 0 fully saturated rings. The minimum Gasteiger partial charge on any atom is -0.310 e. The second kappa shape index (κ2) is 14.8. The van der Waals surface area contributed by atoms with Gasteiger partial charge in [0.05, 0.1) is 11.4 Å². The third-order valence-corrected chi connectivity index (χ3v) is 12.4. The number of fused-ring (bicyclic) bond motifs is 4. The molecule has 0 aliphatic carbocycles. The fourth-order valence-corrected chi connectivity index (χ4v) is 9.64. The number of hydrogen-bond donors (Lipinski definition) is 0. The SMILES string of the molecule is c1ccc(-c2cccc3c2sc2cc(-c4ccc(-c5ccc(N(c6ccccc6)c6cccc(-c7nc8ccccn8c7-c7ccccc7)c6)cc5)cc4)ccc23)cc1. The standard InChI is InChI=1S/C55H37N3S/c1-4-14-41(15-5-1)48-22-13-23-50-49-34-31-43(37-51(49)59-55(48)50)40-27-25-38(26-28-40)39-29-32-46(33-30-39)58(45-19-8-3-9-20-45)47-21-12-18-44(36-47)53-54(42-16-6-2-7-17-42)57-35-11-10-24-52(57)56-53/h1-37H. The molecule has 0 atom stereocenters. The van der Waals surface area contributed by atoms with Crippen molar-refractivity contribution in [2.45, 2.75) is 0 Å². The quantitative estimate of drug-likeness (QED) is 0.153. The average Bonchev–Trinajstić information content (AvgIpc) is 3.89. The molecule has 0 radical (unpaired) electrons. The molecule has 0 aliphatic heterocycles. The van der Waals surface area contributed by atoms with Gasteiger partial charge < -0.3 is 4.90 Å². The zero-order valence-electron chi connectivity index (χ0n) is 32.1. The van der Waals surface area contributed by atoms with Crippen molar-refractivity contribution in [2.75, 3.05) is 4.90 Å². The first-order valence-corrected chi connectivity index (χ1v) is 20.8. The molecule has 11 rings (SSSR count). The molecule has 0 N–H and O–H groups in total. The van der Waals surface area contributed by atoms with Crippen molar-refractivity contribution >= 4 is 54.2 Å². The fraction of sp³-hybridized carbons (Fsp3) is 0. The van der Waals surface area contributed by atoms with E-state index in [0.29, 0.717) is 0 Å². The smallest absolute Gasteiger partial charge is 0.137 e. The first kappa shape index (κ1) is 34.7.